The van der Waals surface area contributed by atoms with Gasteiger partial charge in [0.2, 0.25) is 11.8 Å². The molecule has 1 fully saturated rings. The summed E-state index contributed by atoms with van der Waals surface area (Å²) in [5.41, 5.74) is 0.528. The molecule has 132 valence electrons. The van der Waals surface area contributed by atoms with E-state index < -0.39 is 6.04 Å². The highest BCUT2D eigenvalue weighted by Gasteiger charge is 2.31. The minimum Gasteiger partial charge on any atom is -0.508 e. The number of hydrogen-bond acceptors (Lipinski definition) is 4. The van der Waals surface area contributed by atoms with Crippen molar-refractivity contribution in [2.75, 3.05) is 19.6 Å². The Morgan fingerprint density at radius 1 is 1.36 bits per heavy atom. The number of nitriles is 1. The van der Waals surface area contributed by atoms with Crippen molar-refractivity contribution in [2.24, 2.45) is 0 Å². The summed E-state index contributed by atoms with van der Waals surface area (Å²) in [6.45, 7) is 4.21. The Bertz CT molecular complexity index is 745. The number of aryl methyl sites for hydroxylation is 1. The molecule has 1 heterocycles. The molecule has 6 nitrogen and oxygen atoms in total. The lowest BCUT2D eigenvalue weighted by molar-refractivity contribution is -0.138. The molecule has 0 radical (unpaired) electrons. The molecule has 1 aromatic carbocycles. The summed E-state index contributed by atoms with van der Waals surface area (Å²) in [5.74, 6) is -0.491. The van der Waals surface area contributed by atoms with Gasteiger partial charge in [-0.25, -0.2) is 0 Å². The van der Waals surface area contributed by atoms with Gasteiger partial charge in [-0.05, 0) is 24.1 Å². The van der Waals surface area contributed by atoms with E-state index in [2.05, 4.69) is 6.58 Å². The molecule has 2 amide bonds. The van der Waals surface area contributed by atoms with Crippen LogP contribution >= 0.6 is 23.2 Å². The Labute approximate surface area is 155 Å². The smallest absolute Gasteiger partial charge is 0.247 e. The Kier molecular flexibility index (Phi) is 6.29. The van der Waals surface area contributed by atoms with Gasteiger partial charge in [0.25, 0.3) is 0 Å². The van der Waals surface area contributed by atoms with Gasteiger partial charge in [-0.3, -0.25) is 9.59 Å². The van der Waals surface area contributed by atoms with E-state index in [4.69, 9.17) is 23.2 Å². The van der Waals surface area contributed by atoms with E-state index in [0.717, 1.165) is 6.08 Å². The maximum Gasteiger partial charge on any atom is 0.247 e. The number of carbonyl (C=O) groups is 2. The number of hydrogen-bond donors (Lipinski definition) is 1. The molecule has 25 heavy (non-hydrogen) atoms. The molecule has 0 aromatic heterocycles. The molecule has 0 saturated carbocycles. The van der Waals surface area contributed by atoms with Gasteiger partial charge >= 0.3 is 0 Å². The summed E-state index contributed by atoms with van der Waals surface area (Å²) in [4.78, 5) is 27.1. The molecule has 0 spiro atoms. The van der Waals surface area contributed by atoms with Crippen molar-refractivity contribution in [2.45, 2.75) is 18.9 Å². The third-order valence-corrected chi connectivity index (χ3v) is 4.79. The average Bonchev–Trinajstić information content (AvgIpc) is 2.62. The zero-order valence-corrected chi connectivity index (χ0v) is 14.9. The Morgan fingerprint density at radius 2 is 2.04 bits per heavy atom. The molecule has 0 aliphatic carbocycles. The first-order valence-corrected chi connectivity index (χ1v) is 8.40. The number of aromatic hydroxyl groups is 1. The lowest BCUT2D eigenvalue weighted by Crippen LogP contribution is -2.55. The van der Waals surface area contributed by atoms with E-state index in [-0.39, 0.29) is 42.1 Å². The molecule has 1 N–H and O–H groups in total. The van der Waals surface area contributed by atoms with Crippen LogP contribution in [0.15, 0.2) is 24.8 Å². The number of rotatable bonds is 4. The van der Waals surface area contributed by atoms with Crippen molar-refractivity contribution < 1.29 is 14.7 Å². The predicted molar refractivity (Wildman–Crippen MR) is 94.3 cm³/mol. The summed E-state index contributed by atoms with van der Waals surface area (Å²) in [7, 11) is 0. The van der Waals surface area contributed by atoms with Gasteiger partial charge in [0.15, 0.2) is 0 Å². The first-order chi connectivity index (χ1) is 11.9. The maximum atomic E-state index is 12.4. The quantitative estimate of drug-likeness (QED) is 0.811. The van der Waals surface area contributed by atoms with Crippen LogP contribution in [-0.2, 0) is 16.0 Å². The fourth-order valence-electron chi connectivity index (χ4n) is 2.68. The Balaban J connectivity index is 1.98. The van der Waals surface area contributed by atoms with E-state index >= 15 is 0 Å². The Morgan fingerprint density at radius 3 is 2.68 bits per heavy atom. The second kappa shape index (κ2) is 8.24. The standard InChI is InChI=1S/C17H17Cl2N3O3/c1-2-16(24)22-6-5-21(10-12(22)9-20)17(25)4-3-11-7-13(18)14(19)8-15(11)23/h2,7-8,12,23H,1,3-6,10H2. The van der Waals surface area contributed by atoms with Crippen molar-refractivity contribution in [1.29, 1.82) is 5.26 Å². The molecular weight excluding hydrogens is 365 g/mol. The van der Waals surface area contributed by atoms with Crippen LogP contribution in [-0.4, -0.2) is 52.4 Å². The largest absolute Gasteiger partial charge is 0.508 e. The molecule has 1 aliphatic heterocycles. The lowest BCUT2D eigenvalue weighted by Gasteiger charge is -2.37. The lowest BCUT2D eigenvalue weighted by atomic mass is 10.1. The molecule has 0 bridgehead atoms. The number of nitrogens with zero attached hydrogens (tertiary/aromatic N) is 3. The number of carbonyl (C=O) groups excluding carboxylic acids is 2. The molecule has 8 heteroatoms. The maximum absolute atomic E-state index is 12.4. The number of phenols is 1. The fraction of sp³-hybridized carbons (Fsp3) is 0.353. The molecule has 1 aromatic rings. The Hall–Kier alpha value is -2.23. The van der Waals surface area contributed by atoms with Crippen LogP contribution in [0.25, 0.3) is 0 Å². The van der Waals surface area contributed by atoms with Crippen molar-refractivity contribution in [1.82, 2.24) is 9.80 Å². The number of halogens is 2. The van der Waals surface area contributed by atoms with Crippen LogP contribution in [0, 0.1) is 11.3 Å². The zero-order valence-electron chi connectivity index (χ0n) is 13.4. The van der Waals surface area contributed by atoms with Crippen LogP contribution < -0.4 is 0 Å². The molecule has 1 atom stereocenters. The molecule has 1 saturated heterocycles. The van der Waals surface area contributed by atoms with Gasteiger partial charge in [0.05, 0.1) is 22.7 Å². The van der Waals surface area contributed by atoms with Crippen molar-refractivity contribution in [3.63, 3.8) is 0 Å². The van der Waals surface area contributed by atoms with Crippen LogP contribution in [0.5, 0.6) is 5.75 Å². The second-order valence-corrected chi connectivity index (χ2v) is 6.43. The minimum atomic E-state index is -0.693. The van der Waals surface area contributed by atoms with Gasteiger partial charge in [-0.1, -0.05) is 29.8 Å². The van der Waals surface area contributed by atoms with Gasteiger partial charge in [0, 0.05) is 25.6 Å². The number of piperazine rings is 1. The average molecular weight is 382 g/mol. The van der Waals surface area contributed by atoms with Gasteiger partial charge in [-0.2, -0.15) is 5.26 Å². The first kappa shape index (κ1) is 19.1. The zero-order chi connectivity index (χ0) is 18.6. The topological polar surface area (TPSA) is 84.6 Å². The molecule has 1 unspecified atom stereocenters. The van der Waals surface area contributed by atoms with Crippen molar-refractivity contribution in [3.05, 3.63) is 40.4 Å². The van der Waals surface area contributed by atoms with Crippen molar-refractivity contribution >= 4 is 35.0 Å². The SMILES string of the molecule is C=CC(=O)N1CCN(C(=O)CCc2cc(Cl)c(Cl)cc2O)CC1C#N. The van der Waals surface area contributed by atoms with E-state index in [1.54, 1.807) is 4.90 Å². The van der Waals surface area contributed by atoms with Crippen LogP contribution in [0.2, 0.25) is 10.0 Å². The molecule has 2 rings (SSSR count). The summed E-state index contributed by atoms with van der Waals surface area (Å²) < 4.78 is 0. The summed E-state index contributed by atoms with van der Waals surface area (Å²) in [6.07, 6.45) is 1.61. The highest BCUT2D eigenvalue weighted by atomic mass is 35.5. The van der Waals surface area contributed by atoms with Crippen LogP contribution in [0.1, 0.15) is 12.0 Å². The molecule has 1 aliphatic rings. The summed E-state index contributed by atoms with van der Waals surface area (Å²) in [5, 5.41) is 19.7. The number of amides is 2. The van der Waals surface area contributed by atoms with Gasteiger partial charge < -0.3 is 14.9 Å². The third kappa shape index (κ3) is 4.44. The monoisotopic (exact) mass is 381 g/mol. The number of phenolic OH excluding ortho intramolecular Hbond substituents is 1. The van der Waals surface area contributed by atoms with Crippen LogP contribution in [0.4, 0.5) is 0 Å². The normalized spacial score (nSPS) is 17.1. The van der Waals surface area contributed by atoms with E-state index in [1.807, 2.05) is 6.07 Å². The van der Waals surface area contributed by atoms with Crippen LogP contribution in [0.3, 0.4) is 0 Å². The van der Waals surface area contributed by atoms with Gasteiger partial charge in [0.1, 0.15) is 11.8 Å². The minimum absolute atomic E-state index is 0.0153. The number of benzene rings is 1. The first-order valence-electron chi connectivity index (χ1n) is 7.64. The fourth-order valence-corrected chi connectivity index (χ4v) is 3.02. The van der Waals surface area contributed by atoms with E-state index in [1.165, 1.54) is 17.0 Å². The van der Waals surface area contributed by atoms with Crippen molar-refractivity contribution in [3.8, 4) is 11.8 Å². The van der Waals surface area contributed by atoms with E-state index in [0.29, 0.717) is 23.6 Å². The summed E-state index contributed by atoms with van der Waals surface area (Å²) >= 11 is 11.7. The summed E-state index contributed by atoms with van der Waals surface area (Å²) in [6, 6.07) is 4.22. The highest BCUT2D eigenvalue weighted by Crippen LogP contribution is 2.30. The third-order valence-electron chi connectivity index (χ3n) is 4.07. The van der Waals surface area contributed by atoms with E-state index in [9.17, 15) is 20.0 Å². The highest BCUT2D eigenvalue weighted by molar-refractivity contribution is 6.42. The van der Waals surface area contributed by atoms with Gasteiger partial charge in [-0.15, -0.1) is 0 Å². The predicted octanol–water partition coefficient (Wildman–Crippen LogP) is 2.38. The molecular formula is C17H17Cl2N3O3. The second-order valence-electron chi connectivity index (χ2n) is 5.62.